The Bertz CT molecular complexity index is 1010. The van der Waals surface area contributed by atoms with Gasteiger partial charge in [0.2, 0.25) is 0 Å². The monoisotopic (exact) mass is 583 g/mol. The highest BCUT2D eigenvalue weighted by Gasteiger charge is 2.24. The van der Waals surface area contributed by atoms with Gasteiger partial charge in [0.05, 0.1) is 11.4 Å². The zero-order chi connectivity index (χ0) is 19.0. The van der Waals surface area contributed by atoms with Crippen LogP contribution in [0.25, 0.3) is 5.69 Å². The van der Waals surface area contributed by atoms with Crippen LogP contribution in [0.15, 0.2) is 47.5 Å². The van der Waals surface area contributed by atoms with E-state index in [9.17, 15) is 0 Å². The van der Waals surface area contributed by atoms with Crippen LogP contribution in [0.5, 0.6) is 0 Å². The van der Waals surface area contributed by atoms with Crippen LogP contribution in [0.3, 0.4) is 0 Å². The highest BCUT2D eigenvalue weighted by atomic mass is 127. The summed E-state index contributed by atoms with van der Waals surface area (Å²) in [6.07, 6.45) is 0.850. The van der Waals surface area contributed by atoms with Crippen LogP contribution in [-0.2, 0) is 13.0 Å². The molecular weight excluding hydrogens is 564 g/mol. The summed E-state index contributed by atoms with van der Waals surface area (Å²) in [5, 5.41) is 8.93. The number of benzene rings is 2. The molecule has 1 aromatic heterocycles. The van der Waals surface area contributed by atoms with E-state index in [4.69, 9.17) is 4.99 Å². The van der Waals surface area contributed by atoms with Gasteiger partial charge in [-0.2, -0.15) is 0 Å². The molecule has 0 atom stereocenters. The first-order valence-corrected chi connectivity index (χ1v) is 10.9. The van der Waals surface area contributed by atoms with E-state index >= 15 is 0 Å². The van der Waals surface area contributed by atoms with Crippen LogP contribution >= 0.6 is 45.2 Å². The fourth-order valence-corrected chi connectivity index (χ4v) is 4.13. The van der Waals surface area contributed by atoms with Crippen molar-refractivity contribution in [3.8, 4) is 5.69 Å². The smallest absolute Gasteiger partial charge is 0.159 e. The molecule has 1 aliphatic heterocycles. The SMILES string of the molecule is CN(C)CCc1nnc2n1-c1cc(I)c(I)cc1C(c1ccccc1)=NC2. The second-order valence-corrected chi connectivity index (χ2v) is 9.06. The highest BCUT2D eigenvalue weighted by Crippen LogP contribution is 2.30. The Balaban J connectivity index is 1.91. The van der Waals surface area contributed by atoms with E-state index in [1.165, 1.54) is 7.14 Å². The molecule has 0 aliphatic carbocycles. The van der Waals surface area contributed by atoms with Gasteiger partial charge in [-0.25, -0.2) is 0 Å². The fourth-order valence-electron chi connectivity index (χ4n) is 3.21. The van der Waals surface area contributed by atoms with E-state index in [1.807, 2.05) is 6.07 Å². The molecule has 0 N–H and O–H groups in total. The molecular formula is C20H19I2N5. The molecule has 4 rings (SSSR count). The maximum Gasteiger partial charge on any atom is 0.159 e. The van der Waals surface area contributed by atoms with Gasteiger partial charge >= 0.3 is 0 Å². The van der Waals surface area contributed by atoms with Gasteiger partial charge in [0.1, 0.15) is 12.4 Å². The van der Waals surface area contributed by atoms with Gasteiger partial charge in [0.25, 0.3) is 0 Å². The predicted octanol–water partition coefficient (Wildman–Crippen LogP) is 3.93. The number of aliphatic imine (C=N–C) groups is 1. The topological polar surface area (TPSA) is 46.3 Å². The first kappa shape index (κ1) is 19.0. The normalized spacial score (nSPS) is 13.1. The van der Waals surface area contributed by atoms with E-state index in [2.05, 4.69) is 115 Å². The number of likely N-dealkylation sites (N-methyl/N-ethyl adjacent to an activating group) is 1. The third kappa shape index (κ3) is 3.81. The van der Waals surface area contributed by atoms with Crippen LogP contribution in [0, 0.1) is 7.14 Å². The molecule has 138 valence electrons. The molecule has 0 bridgehead atoms. The van der Waals surface area contributed by atoms with Crippen molar-refractivity contribution in [3.63, 3.8) is 0 Å². The van der Waals surface area contributed by atoms with Gasteiger partial charge in [-0.05, 0) is 71.4 Å². The number of rotatable bonds is 4. The van der Waals surface area contributed by atoms with Crippen LogP contribution in [-0.4, -0.2) is 46.0 Å². The number of aromatic nitrogens is 3. The molecule has 2 heterocycles. The lowest BCUT2D eigenvalue weighted by Gasteiger charge is -2.16. The van der Waals surface area contributed by atoms with E-state index in [-0.39, 0.29) is 0 Å². The second kappa shape index (κ2) is 7.96. The quantitative estimate of drug-likeness (QED) is 0.438. The van der Waals surface area contributed by atoms with Crippen molar-refractivity contribution in [1.82, 2.24) is 19.7 Å². The maximum atomic E-state index is 4.93. The Morgan fingerprint density at radius 2 is 1.78 bits per heavy atom. The summed E-state index contributed by atoms with van der Waals surface area (Å²) in [5.74, 6) is 1.88. The first-order chi connectivity index (χ1) is 13.0. The summed E-state index contributed by atoms with van der Waals surface area (Å²) in [5.41, 5.74) is 4.40. The van der Waals surface area contributed by atoms with Gasteiger partial charge in [0.15, 0.2) is 5.82 Å². The van der Waals surface area contributed by atoms with Crippen molar-refractivity contribution in [1.29, 1.82) is 0 Å². The summed E-state index contributed by atoms with van der Waals surface area (Å²) in [7, 11) is 4.16. The van der Waals surface area contributed by atoms with Crippen molar-refractivity contribution in [2.75, 3.05) is 20.6 Å². The van der Waals surface area contributed by atoms with Crippen molar-refractivity contribution in [3.05, 3.63) is 72.4 Å². The van der Waals surface area contributed by atoms with Crippen molar-refractivity contribution >= 4 is 50.9 Å². The van der Waals surface area contributed by atoms with Gasteiger partial charge in [-0.15, -0.1) is 10.2 Å². The van der Waals surface area contributed by atoms with Crippen LogP contribution in [0.1, 0.15) is 22.8 Å². The second-order valence-electron chi connectivity index (χ2n) is 6.74. The lowest BCUT2D eigenvalue weighted by molar-refractivity contribution is 0.408. The lowest BCUT2D eigenvalue weighted by Crippen LogP contribution is -2.18. The zero-order valence-corrected chi connectivity index (χ0v) is 19.5. The number of hydrogen-bond donors (Lipinski definition) is 0. The number of hydrogen-bond acceptors (Lipinski definition) is 4. The Morgan fingerprint density at radius 3 is 2.52 bits per heavy atom. The average molecular weight is 583 g/mol. The molecule has 27 heavy (non-hydrogen) atoms. The van der Waals surface area contributed by atoms with Crippen molar-refractivity contribution in [2.24, 2.45) is 4.99 Å². The number of nitrogens with zero attached hydrogens (tertiary/aromatic N) is 5. The molecule has 7 heteroatoms. The van der Waals surface area contributed by atoms with Gasteiger partial charge < -0.3 is 4.90 Å². The van der Waals surface area contributed by atoms with Crippen LogP contribution in [0.2, 0.25) is 0 Å². The molecule has 0 fully saturated rings. The minimum atomic E-state index is 0.529. The molecule has 0 unspecified atom stereocenters. The van der Waals surface area contributed by atoms with E-state index in [0.717, 1.165) is 47.1 Å². The minimum Gasteiger partial charge on any atom is -0.309 e. The summed E-state index contributed by atoms with van der Waals surface area (Å²) in [4.78, 5) is 7.10. The summed E-state index contributed by atoms with van der Waals surface area (Å²) in [6, 6.07) is 14.8. The molecule has 2 aromatic carbocycles. The Hall–Kier alpha value is -1.33. The number of halogens is 2. The maximum absolute atomic E-state index is 4.93. The Kier molecular flexibility index (Phi) is 5.60. The predicted molar refractivity (Wildman–Crippen MR) is 125 cm³/mol. The molecule has 0 amide bonds. The average Bonchev–Trinajstić information content (AvgIpc) is 2.99. The van der Waals surface area contributed by atoms with E-state index in [0.29, 0.717) is 6.54 Å². The fraction of sp³-hybridized carbons (Fsp3) is 0.250. The van der Waals surface area contributed by atoms with Crippen molar-refractivity contribution in [2.45, 2.75) is 13.0 Å². The van der Waals surface area contributed by atoms with Crippen LogP contribution in [0.4, 0.5) is 0 Å². The summed E-state index contributed by atoms with van der Waals surface area (Å²) < 4.78 is 4.65. The molecule has 0 saturated heterocycles. The van der Waals surface area contributed by atoms with Gasteiger partial charge in [0, 0.05) is 31.2 Å². The minimum absolute atomic E-state index is 0.529. The third-order valence-electron chi connectivity index (χ3n) is 4.54. The van der Waals surface area contributed by atoms with Crippen molar-refractivity contribution < 1.29 is 0 Å². The van der Waals surface area contributed by atoms with Crippen LogP contribution < -0.4 is 0 Å². The standard InChI is InChI=1S/C20H19I2N5/c1-26(2)9-8-18-24-25-19-12-23-20(13-6-4-3-5-7-13)14-10-15(21)16(22)11-17(14)27(18)19/h3-7,10-11H,8-9,12H2,1-2H3. The third-order valence-corrected chi connectivity index (χ3v) is 7.36. The lowest BCUT2D eigenvalue weighted by atomic mass is 10.0. The molecule has 5 nitrogen and oxygen atoms in total. The molecule has 0 saturated carbocycles. The highest BCUT2D eigenvalue weighted by molar-refractivity contribution is 14.1. The molecule has 0 radical (unpaired) electrons. The zero-order valence-electron chi connectivity index (χ0n) is 15.2. The molecule has 0 spiro atoms. The molecule has 1 aliphatic rings. The summed E-state index contributed by atoms with van der Waals surface area (Å²) in [6.45, 7) is 1.46. The number of fused-ring (bicyclic) bond motifs is 3. The van der Waals surface area contributed by atoms with E-state index < -0.39 is 0 Å². The first-order valence-electron chi connectivity index (χ1n) is 8.72. The van der Waals surface area contributed by atoms with Gasteiger partial charge in [-0.3, -0.25) is 9.56 Å². The largest absolute Gasteiger partial charge is 0.309 e. The van der Waals surface area contributed by atoms with Gasteiger partial charge in [-0.1, -0.05) is 30.3 Å². The Morgan fingerprint density at radius 1 is 1.04 bits per heavy atom. The summed E-state index contributed by atoms with van der Waals surface area (Å²) >= 11 is 4.79. The van der Waals surface area contributed by atoms with E-state index in [1.54, 1.807) is 0 Å². The molecule has 3 aromatic rings. The Labute approximate surface area is 186 Å².